The Balaban J connectivity index is 1.47. The largest absolute Gasteiger partial charge is 0.465 e. The van der Waals surface area contributed by atoms with Crippen LogP contribution in [0.25, 0.3) is 0 Å². The number of likely N-dealkylation sites (tertiary alicyclic amines) is 1. The first-order valence-corrected chi connectivity index (χ1v) is 11.7. The molecule has 160 valence electrons. The summed E-state index contributed by atoms with van der Waals surface area (Å²) < 4.78 is 11.1. The van der Waals surface area contributed by atoms with Crippen LogP contribution in [-0.4, -0.2) is 49.8 Å². The normalized spacial score (nSPS) is 28.2. The zero-order chi connectivity index (χ0) is 20.3. The number of ether oxygens (including phenoxy) is 2. The maximum absolute atomic E-state index is 12.9. The molecule has 4 aliphatic rings. The van der Waals surface area contributed by atoms with E-state index in [1.165, 1.54) is 56.3 Å². The zero-order valence-electron chi connectivity index (χ0n) is 18.3. The third-order valence-electron chi connectivity index (χ3n) is 7.60. The molecule has 2 saturated heterocycles. The van der Waals surface area contributed by atoms with Crippen molar-refractivity contribution in [2.45, 2.75) is 71.3 Å². The molecule has 3 fully saturated rings. The van der Waals surface area contributed by atoms with Gasteiger partial charge in [0.1, 0.15) is 0 Å². The highest BCUT2D eigenvalue weighted by Gasteiger charge is 2.45. The van der Waals surface area contributed by atoms with Crippen molar-refractivity contribution in [3.05, 3.63) is 34.9 Å². The van der Waals surface area contributed by atoms with E-state index in [2.05, 4.69) is 30.1 Å². The molecule has 4 rings (SSSR count). The first-order chi connectivity index (χ1) is 14.1. The summed E-state index contributed by atoms with van der Waals surface area (Å²) in [5.41, 5.74) is 3.79. The van der Waals surface area contributed by atoms with E-state index in [0.717, 1.165) is 25.3 Å². The smallest absolute Gasteiger partial charge is 0.316 e. The second-order valence-electron chi connectivity index (χ2n) is 9.30. The zero-order valence-corrected chi connectivity index (χ0v) is 18.3. The highest BCUT2D eigenvalue weighted by molar-refractivity contribution is 5.81. The van der Waals surface area contributed by atoms with E-state index in [1.54, 1.807) is 5.57 Å². The number of esters is 1. The van der Waals surface area contributed by atoms with Crippen LogP contribution in [0.1, 0.15) is 65.2 Å². The Morgan fingerprint density at radius 3 is 2.55 bits per heavy atom. The number of piperidine rings is 1. The summed E-state index contributed by atoms with van der Waals surface area (Å²) in [7, 11) is 0. The minimum absolute atomic E-state index is 0.0553. The van der Waals surface area contributed by atoms with Crippen LogP contribution < -0.4 is 0 Å². The minimum Gasteiger partial charge on any atom is -0.465 e. The first kappa shape index (κ1) is 20.9. The van der Waals surface area contributed by atoms with Gasteiger partial charge in [0.2, 0.25) is 0 Å². The van der Waals surface area contributed by atoms with E-state index in [9.17, 15) is 4.79 Å². The van der Waals surface area contributed by atoms with E-state index in [4.69, 9.17) is 9.47 Å². The molecule has 0 aromatic rings. The number of hydrogen-bond acceptors (Lipinski definition) is 4. The molecule has 29 heavy (non-hydrogen) atoms. The predicted molar refractivity (Wildman–Crippen MR) is 116 cm³/mol. The fraction of sp³-hybridized carbons (Fsp3) is 0.720. The summed E-state index contributed by atoms with van der Waals surface area (Å²) in [4.78, 5) is 15.6. The molecule has 0 N–H and O–H groups in total. The fourth-order valence-corrected chi connectivity index (χ4v) is 5.38. The van der Waals surface area contributed by atoms with Crippen molar-refractivity contribution < 1.29 is 14.3 Å². The predicted octanol–water partition coefficient (Wildman–Crippen LogP) is 4.81. The molecular weight excluding hydrogens is 362 g/mol. The van der Waals surface area contributed by atoms with Gasteiger partial charge in [-0.25, -0.2) is 0 Å². The van der Waals surface area contributed by atoms with Crippen LogP contribution in [0, 0.1) is 11.3 Å². The molecule has 1 unspecified atom stereocenters. The van der Waals surface area contributed by atoms with E-state index in [-0.39, 0.29) is 5.97 Å². The Morgan fingerprint density at radius 2 is 1.97 bits per heavy atom. The van der Waals surface area contributed by atoms with Gasteiger partial charge < -0.3 is 9.47 Å². The number of hydrogen-bond donors (Lipinski definition) is 0. The second kappa shape index (κ2) is 9.18. The van der Waals surface area contributed by atoms with Crippen molar-refractivity contribution in [3.63, 3.8) is 0 Å². The highest BCUT2D eigenvalue weighted by atomic mass is 16.5. The Labute approximate surface area is 176 Å². The van der Waals surface area contributed by atoms with Crippen LogP contribution in [0.2, 0.25) is 0 Å². The van der Waals surface area contributed by atoms with Gasteiger partial charge in [-0.1, -0.05) is 42.7 Å². The number of nitrogens with zero attached hydrogens (tertiary/aromatic N) is 1. The molecule has 4 heteroatoms. The van der Waals surface area contributed by atoms with Crippen LogP contribution >= 0.6 is 0 Å². The van der Waals surface area contributed by atoms with Crippen molar-refractivity contribution in [1.29, 1.82) is 0 Å². The molecule has 0 bridgehead atoms. The van der Waals surface area contributed by atoms with Gasteiger partial charge in [-0.05, 0) is 63.4 Å². The molecule has 1 atom stereocenters. The van der Waals surface area contributed by atoms with Gasteiger partial charge in [-0.15, -0.1) is 0 Å². The molecular formula is C25H37NO3. The number of allylic oxidation sites excluding steroid dienone is 4. The van der Waals surface area contributed by atoms with Crippen molar-refractivity contribution in [3.8, 4) is 0 Å². The van der Waals surface area contributed by atoms with Gasteiger partial charge in [0.25, 0.3) is 0 Å². The molecule has 0 amide bonds. The van der Waals surface area contributed by atoms with Crippen LogP contribution in [0.3, 0.4) is 0 Å². The summed E-state index contributed by atoms with van der Waals surface area (Å²) in [6.07, 6.45) is 16.0. The maximum atomic E-state index is 12.9. The van der Waals surface area contributed by atoms with Crippen molar-refractivity contribution >= 4 is 5.97 Å². The summed E-state index contributed by atoms with van der Waals surface area (Å²) in [6.45, 7) is 8.37. The van der Waals surface area contributed by atoms with Crippen LogP contribution in [0.5, 0.6) is 0 Å². The van der Waals surface area contributed by atoms with Gasteiger partial charge >= 0.3 is 5.97 Å². The van der Waals surface area contributed by atoms with Gasteiger partial charge in [0.15, 0.2) is 0 Å². The third kappa shape index (κ3) is 4.39. The molecule has 0 aromatic heterocycles. The number of carbonyl (C=O) groups excluding carboxylic acids is 1. The molecule has 1 saturated carbocycles. The van der Waals surface area contributed by atoms with Crippen molar-refractivity contribution in [2.75, 3.05) is 32.9 Å². The molecule has 2 heterocycles. The van der Waals surface area contributed by atoms with Crippen LogP contribution in [0.4, 0.5) is 0 Å². The van der Waals surface area contributed by atoms with E-state index < -0.39 is 5.41 Å². The average Bonchev–Trinajstić information content (AvgIpc) is 2.70. The Bertz CT molecular complexity index is 685. The molecule has 0 aromatic carbocycles. The van der Waals surface area contributed by atoms with Crippen LogP contribution in [0.15, 0.2) is 34.9 Å². The van der Waals surface area contributed by atoms with Gasteiger partial charge in [-0.2, -0.15) is 0 Å². The van der Waals surface area contributed by atoms with Crippen molar-refractivity contribution in [1.82, 2.24) is 4.90 Å². The lowest BCUT2D eigenvalue weighted by atomic mass is 9.68. The Kier molecular flexibility index (Phi) is 6.60. The standard InChI is InChI=1S/C25H37NO3/c1-3-29-24(27)25(11-15-28-16-12-25)22-8-7-21(19(2)17-22)18-20-9-13-26(14-10-20)23-5-4-6-23/h7-8,18-19,23H,3-6,9-17H2,1-2H3. The summed E-state index contributed by atoms with van der Waals surface area (Å²) in [5, 5.41) is 0. The molecule has 0 radical (unpaired) electrons. The lowest BCUT2D eigenvalue weighted by Crippen LogP contribution is -2.43. The minimum atomic E-state index is -0.480. The highest BCUT2D eigenvalue weighted by Crippen LogP contribution is 2.45. The quantitative estimate of drug-likeness (QED) is 0.622. The molecule has 0 spiro atoms. The number of carbonyl (C=O) groups is 1. The SMILES string of the molecule is CCOC(=O)C1(C2=CC=C(C=C3CCN(C4CCC4)CC3)C(C)C2)CCOCC1. The first-order valence-electron chi connectivity index (χ1n) is 11.7. The second-order valence-corrected chi connectivity index (χ2v) is 9.30. The summed E-state index contributed by atoms with van der Waals surface area (Å²) in [5.74, 6) is 0.390. The maximum Gasteiger partial charge on any atom is 0.316 e. The summed E-state index contributed by atoms with van der Waals surface area (Å²) >= 11 is 0. The van der Waals surface area contributed by atoms with Gasteiger partial charge in [-0.3, -0.25) is 9.69 Å². The van der Waals surface area contributed by atoms with Crippen LogP contribution in [-0.2, 0) is 14.3 Å². The lowest BCUT2D eigenvalue weighted by molar-refractivity contribution is -0.158. The average molecular weight is 400 g/mol. The lowest BCUT2D eigenvalue weighted by Gasteiger charge is -2.40. The monoisotopic (exact) mass is 399 g/mol. The molecule has 2 aliphatic carbocycles. The Morgan fingerprint density at radius 1 is 1.24 bits per heavy atom. The Hall–Kier alpha value is -1.39. The number of rotatable bonds is 5. The van der Waals surface area contributed by atoms with E-state index in [1.807, 2.05) is 6.92 Å². The third-order valence-corrected chi connectivity index (χ3v) is 7.60. The molecule has 4 nitrogen and oxygen atoms in total. The van der Waals surface area contributed by atoms with Crippen molar-refractivity contribution in [2.24, 2.45) is 11.3 Å². The van der Waals surface area contributed by atoms with E-state index in [0.29, 0.717) is 25.7 Å². The van der Waals surface area contributed by atoms with Gasteiger partial charge in [0, 0.05) is 32.3 Å². The summed E-state index contributed by atoms with van der Waals surface area (Å²) in [6, 6.07) is 0.869. The fourth-order valence-electron chi connectivity index (χ4n) is 5.38. The topological polar surface area (TPSA) is 38.8 Å². The van der Waals surface area contributed by atoms with E-state index >= 15 is 0 Å². The molecule has 2 aliphatic heterocycles. The van der Waals surface area contributed by atoms with Gasteiger partial charge in [0.05, 0.1) is 12.0 Å².